The Morgan fingerprint density at radius 1 is 1.10 bits per heavy atom. The van der Waals surface area contributed by atoms with Crippen molar-refractivity contribution in [3.05, 3.63) is 63.7 Å². The first kappa shape index (κ1) is 13.2. The first-order valence-electron chi connectivity index (χ1n) is 6.65. The van der Waals surface area contributed by atoms with E-state index in [-0.39, 0.29) is 5.88 Å². The van der Waals surface area contributed by atoms with Gasteiger partial charge in [0, 0.05) is 19.3 Å². The summed E-state index contributed by atoms with van der Waals surface area (Å²) in [7, 11) is 0. The highest BCUT2D eigenvalue weighted by molar-refractivity contribution is 5.19. The van der Waals surface area contributed by atoms with Crippen LogP contribution in [0.1, 0.15) is 22.9 Å². The third-order valence-corrected chi connectivity index (χ3v) is 3.17. The van der Waals surface area contributed by atoms with Crippen molar-refractivity contribution in [2.45, 2.75) is 19.3 Å². The lowest BCUT2D eigenvalue weighted by molar-refractivity contribution is 0.448. The van der Waals surface area contributed by atoms with Crippen molar-refractivity contribution in [1.29, 1.82) is 0 Å². The number of imidazole rings is 1. The molecular formula is C14H15N5O2. The predicted molar refractivity (Wildman–Crippen MR) is 76.1 cm³/mol. The topological polar surface area (TPSA) is 110 Å². The number of aromatic amines is 3. The number of aromatic nitrogens is 5. The molecular weight excluding hydrogens is 270 g/mol. The minimum atomic E-state index is -0.415. The summed E-state index contributed by atoms with van der Waals surface area (Å²) < 4.78 is 0. The Labute approximate surface area is 120 Å². The van der Waals surface area contributed by atoms with Crippen molar-refractivity contribution >= 4 is 0 Å². The van der Waals surface area contributed by atoms with E-state index in [2.05, 4.69) is 25.1 Å². The number of aromatic hydroxyl groups is 1. The number of aryl methyl sites for hydroxylation is 2. The molecule has 21 heavy (non-hydrogen) atoms. The Morgan fingerprint density at radius 2 is 1.90 bits per heavy atom. The van der Waals surface area contributed by atoms with Crippen molar-refractivity contribution in [1.82, 2.24) is 25.1 Å². The fourth-order valence-corrected chi connectivity index (χ4v) is 2.14. The van der Waals surface area contributed by atoms with Gasteiger partial charge in [0.2, 0.25) is 5.88 Å². The number of hydrogen-bond acceptors (Lipinski definition) is 4. The maximum atomic E-state index is 11.0. The molecule has 0 bridgehead atoms. The van der Waals surface area contributed by atoms with Crippen LogP contribution in [0.25, 0.3) is 0 Å². The van der Waals surface area contributed by atoms with Gasteiger partial charge in [-0.2, -0.15) is 5.10 Å². The molecule has 4 N–H and O–H groups in total. The standard InChI is InChI=1S/C14H15N5O2/c20-13-10(15-14(21)17-13)6-7-11-16-12(19-18-11)8-9-4-2-1-3-5-9/h1-5,20H,6-8H2,(H2,15,17,21)(H,16,18,19). The van der Waals surface area contributed by atoms with Gasteiger partial charge in [-0.1, -0.05) is 30.3 Å². The Morgan fingerprint density at radius 3 is 2.62 bits per heavy atom. The predicted octanol–water partition coefficient (Wildman–Crippen LogP) is 0.903. The smallest absolute Gasteiger partial charge is 0.325 e. The maximum Gasteiger partial charge on any atom is 0.325 e. The van der Waals surface area contributed by atoms with E-state index < -0.39 is 5.69 Å². The van der Waals surface area contributed by atoms with Crippen molar-refractivity contribution in [2.75, 3.05) is 0 Å². The third-order valence-electron chi connectivity index (χ3n) is 3.17. The summed E-state index contributed by atoms with van der Waals surface area (Å²) in [4.78, 5) is 20.2. The molecule has 0 atom stereocenters. The van der Waals surface area contributed by atoms with Crippen molar-refractivity contribution in [2.24, 2.45) is 0 Å². The number of rotatable bonds is 5. The van der Waals surface area contributed by atoms with Gasteiger partial charge in [0.15, 0.2) is 5.82 Å². The molecule has 7 nitrogen and oxygen atoms in total. The van der Waals surface area contributed by atoms with Crippen molar-refractivity contribution in [3.63, 3.8) is 0 Å². The van der Waals surface area contributed by atoms with Crippen LogP contribution in [0.15, 0.2) is 35.1 Å². The number of nitrogens with one attached hydrogen (secondary N) is 3. The van der Waals surface area contributed by atoms with Crippen LogP contribution in [-0.4, -0.2) is 30.3 Å². The van der Waals surface area contributed by atoms with E-state index in [0.29, 0.717) is 30.8 Å². The summed E-state index contributed by atoms with van der Waals surface area (Å²) >= 11 is 0. The molecule has 0 aliphatic heterocycles. The van der Waals surface area contributed by atoms with E-state index in [1.54, 1.807) is 0 Å². The van der Waals surface area contributed by atoms with Gasteiger partial charge in [0.05, 0.1) is 5.69 Å². The van der Waals surface area contributed by atoms with E-state index in [1.165, 1.54) is 0 Å². The summed E-state index contributed by atoms with van der Waals surface area (Å²) in [6.45, 7) is 0. The van der Waals surface area contributed by atoms with Crippen LogP contribution in [0.4, 0.5) is 0 Å². The van der Waals surface area contributed by atoms with Gasteiger partial charge >= 0.3 is 5.69 Å². The van der Waals surface area contributed by atoms with E-state index in [4.69, 9.17) is 0 Å². The van der Waals surface area contributed by atoms with Crippen LogP contribution in [0.2, 0.25) is 0 Å². The molecule has 0 spiro atoms. The minimum absolute atomic E-state index is 0.125. The van der Waals surface area contributed by atoms with E-state index >= 15 is 0 Å². The number of benzene rings is 1. The van der Waals surface area contributed by atoms with Gasteiger partial charge < -0.3 is 10.1 Å². The fraction of sp³-hybridized carbons (Fsp3) is 0.214. The molecule has 3 rings (SSSR count). The highest BCUT2D eigenvalue weighted by atomic mass is 16.3. The summed E-state index contributed by atoms with van der Waals surface area (Å²) in [5, 5.41) is 16.5. The number of H-pyrrole nitrogens is 3. The van der Waals surface area contributed by atoms with Gasteiger partial charge in [-0.05, 0) is 5.56 Å². The lowest BCUT2D eigenvalue weighted by Crippen LogP contribution is -2.02. The average Bonchev–Trinajstić information content (AvgIpc) is 3.04. The molecule has 0 amide bonds. The molecule has 0 fully saturated rings. The van der Waals surface area contributed by atoms with Gasteiger partial charge in [-0.25, -0.2) is 9.78 Å². The quantitative estimate of drug-likeness (QED) is 0.558. The largest absolute Gasteiger partial charge is 0.493 e. The van der Waals surface area contributed by atoms with Gasteiger partial charge in [-0.3, -0.25) is 10.1 Å². The Kier molecular flexibility index (Phi) is 3.55. The Bertz CT molecular complexity index is 772. The molecule has 108 valence electrons. The molecule has 0 saturated heterocycles. The second kappa shape index (κ2) is 5.66. The third kappa shape index (κ3) is 3.19. The monoisotopic (exact) mass is 285 g/mol. The molecule has 7 heteroatoms. The average molecular weight is 285 g/mol. The number of hydrogen-bond donors (Lipinski definition) is 4. The molecule has 0 aliphatic carbocycles. The first-order chi connectivity index (χ1) is 10.2. The molecule has 0 unspecified atom stereocenters. The van der Waals surface area contributed by atoms with Gasteiger partial charge in [-0.15, -0.1) is 0 Å². The van der Waals surface area contributed by atoms with E-state index in [1.807, 2.05) is 30.3 Å². The molecule has 0 radical (unpaired) electrons. The molecule has 0 aliphatic rings. The SMILES string of the molecule is O=c1[nH]c(O)c(CCc2n[nH]c(Cc3ccccc3)n2)[nH]1. The second-order valence-electron chi connectivity index (χ2n) is 4.77. The fourth-order valence-electron chi connectivity index (χ4n) is 2.14. The minimum Gasteiger partial charge on any atom is -0.493 e. The van der Waals surface area contributed by atoms with Crippen LogP contribution < -0.4 is 5.69 Å². The van der Waals surface area contributed by atoms with Crippen molar-refractivity contribution < 1.29 is 5.11 Å². The zero-order chi connectivity index (χ0) is 14.7. The summed E-state index contributed by atoms with van der Waals surface area (Å²) in [5.41, 5.74) is 1.21. The van der Waals surface area contributed by atoms with Crippen LogP contribution >= 0.6 is 0 Å². The van der Waals surface area contributed by atoms with Crippen LogP contribution in [-0.2, 0) is 19.3 Å². The molecule has 1 aromatic carbocycles. The summed E-state index contributed by atoms with van der Waals surface area (Å²) in [5.74, 6) is 1.32. The summed E-state index contributed by atoms with van der Waals surface area (Å²) in [6.07, 6.45) is 1.69. The lowest BCUT2D eigenvalue weighted by Gasteiger charge is -1.96. The highest BCUT2D eigenvalue weighted by Crippen LogP contribution is 2.11. The molecule has 0 saturated carbocycles. The molecule has 2 aromatic heterocycles. The van der Waals surface area contributed by atoms with Crippen LogP contribution in [0.3, 0.4) is 0 Å². The Balaban J connectivity index is 1.63. The van der Waals surface area contributed by atoms with E-state index in [0.717, 1.165) is 11.4 Å². The van der Waals surface area contributed by atoms with Gasteiger partial charge in [0.25, 0.3) is 0 Å². The van der Waals surface area contributed by atoms with Crippen molar-refractivity contribution in [3.8, 4) is 5.88 Å². The maximum absolute atomic E-state index is 11.0. The number of nitrogens with zero attached hydrogens (tertiary/aromatic N) is 2. The second-order valence-corrected chi connectivity index (χ2v) is 4.77. The normalized spacial score (nSPS) is 10.9. The summed E-state index contributed by atoms with van der Waals surface area (Å²) in [6, 6.07) is 10.0. The zero-order valence-corrected chi connectivity index (χ0v) is 11.3. The molecule has 3 aromatic rings. The van der Waals surface area contributed by atoms with Gasteiger partial charge in [0.1, 0.15) is 5.82 Å². The first-order valence-corrected chi connectivity index (χ1v) is 6.65. The molecule has 2 heterocycles. The van der Waals surface area contributed by atoms with Crippen LogP contribution in [0.5, 0.6) is 5.88 Å². The van der Waals surface area contributed by atoms with Crippen LogP contribution in [0, 0.1) is 0 Å². The van der Waals surface area contributed by atoms with E-state index in [9.17, 15) is 9.90 Å². The Hall–Kier alpha value is -2.83. The highest BCUT2D eigenvalue weighted by Gasteiger charge is 2.09. The lowest BCUT2D eigenvalue weighted by atomic mass is 10.1. The zero-order valence-electron chi connectivity index (χ0n) is 11.3.